The fourth-order valence-corrected chi connectivity index (χ4v) is 2.06. The highest BCUT2D eigenvalue weighted by Gasteiger charge is 2.20. The average molecular weight is 311 g/mol. The molecule has 18 heavy (non-hydrogen) atoms. The molecule has 2 rings (SSSR count). The first-order valence-electron chi connectivity index (χ1n) is 5.91. The highest BCUT2D eigenvalue weighted by Crippen LogP contribution is 2.25. The monoisotopic (exact) mass is 310 g/mol. The van der Waals surface area contributed by atoms with Crippen LogP contribution in [-0.2, 0) is 0 Å². The fraction of sp³-hybridized carbons (Fsp3) is 0.385. The topological polar surface area (TPSA) is 55.2 Å². The second kappa shape index (κ2) is 5.63. The summed E-state index contributed by atoms with van der Waals surface area (Å²) < 4.78 is 0.722. The normalized spacial score (nSPS) is 15.8. The third-order valence-electron chi connectivity index (χ3n) is 2.84. The Morgan fingerprint density at radius 3 is 2.94 bits per heavy atom. The van der Waals surface area contributed by atoms with Gasteiger partial charge in [-0.15, -0.1) is 0 Å². The quantitative estimate of drug-likeness (QED) is 0.669. The van der Waals surface area contributed by atoms with Gasteiger partial charge >= 0.3 is 0 Å². The zero-order valence-electron chi connectivity index (χ0n) is 10.1. The van der Waals surface area contributed by atoms with Crippen molar-refractivity contribution in [2.75, 3.05) is 6.54 Å². The van der Waals surface area contributed by atoms with Gasteiger partial charge in [-0.2, -0.15) is 0 Å². The molecule has 5 heteroatoms. The van der Waals surface area contributed by atoms with E-state index < -0.39 is 0 Å². The van der Waals surface area contributed by atoms with Crippen LogP contribution in [0.5, 0.6) is 0 Å². The third-order valence-corrected chi connectivity index (χ3v) is 3.33. The number of halogens is 1. The number of hydrogen-bond donors (Lipinski definition) is 1. The van der Waals surface area contributed by atoms with E-state index in [2.05, 4.69) is 21.2 Å². The maximum Gasteiger partial charge on any atom is 0.277 e. The van der Waals surface area contributed by atoms with Crippen LogP contribution in [0.2, 0.25) is 0 Å². The zero-order chi connectivity index (χ0) is 13.1. The summed E-state index contributed by atoms with van der Waals surface area (Å²) >= 11 is 3.25. The van der Waals surface area contributed by atoms with Crippen LogP contribution < -0.4 is 5.32 Å². The molecule has 1 fully saturated rings. The van der Waals surface area contributed by atoms with Crippen LogP contribution >= 0.6 is 15.9 Å². The zero-order valence-corrected chi connectivity index (χ0v) is 11.7. The maximum absolute atomic E-state index is 11.0. The molecule has 1 aliphatic rings. The Hall–Kier alpha value is -1.20. The van der Waals surface area contributed by atoms with Gasteiger partial charge in [0.2, 0.25) is 0 Å². The molecule has 0 radical (unpaired) electrons. The lowest BCUT2D eigenvalue weighted by Crippen LogP contribution is -2.18. The minimum atomic E-state index is -0.349. The molecule has 0 amide bonds. The molecular weight excluding hydrogens is 296 g/mol. The van der Waals surface area contributed by atoms with E-state index in [1.165, 1.54) is 18.9 Å². The summed E-state index contributed by atoms with van der Waals surface area (Å²) in [4.78, 5) is 10.6. The van der Waals surface area contributed by atoms with Gasteiger partial charge in [-0.05, 0) is 38.0 Å². The number of benzene rings is 1. The van der Waals surface area contributed by atoms with Crippen molar-refractivity contribution in [1.82, 2.24) is 5.32 Å². The molecule has 0 bridgehead atoms. The molecule has 0 heterocycles. The highest BCUT2D eigenvalue weighted by molar-refractivity contribution is 9.10. The van der Waals surface area contributed by atoms with E-state index in [1.54, 1.807) is 6.07 Å². The van der Waals surface area contributed by atoms with Crippen LogP contribution in [-0.4, -0.2) is 17.5 Å². The summed E-state index contributed by atoms with van der Waals surface area (Å²) in [5.41, 5.74) is 1.89. The molecule has 1 saturated carbocycles. The van der Waals surface area contributed by atoms with Crippen LogP contribution in [0.25, 0.3) is 6.08 Å². The van der Waals surface area contributed by atoms with Crippen molar-refractivity contribution in [2.24, 2.45) is 0 Å². The van der Waals surface area contributed by atoms with Gasteiger partial charge in [-0.25, -0.2) is 0 Å². The van der Waals surface area contributed by atoms with E-state index >= 15 is 0 Å². The van der Waals surface area contributed by atoms with Crippen LogP contribution in [0.3, 0.4) is 0 Å². The smallest absolute Gasteiger partial charge is 0.277 e. The van der Waals surface area contributed by atoms with Gasteiger partial charge in [0.25, 0.3) is 5.69 Å². The summed E-state index contributed by atoms with van der Waals surface area (Å²) in [6.07, 6.45) is 4.36. The number of rotatable bonds is 5. The Morgan fingerprint density at radius 2 is 2.33 bits per heavy atom. The first-order chi connectivity index (χ1) is 8.56. The minimum Gasteiger partial charge on any atom is -0.310 e. The lowest BCUT2D eigenvalue weighted by Gasteiger charge is -2.04. The summed E-state index contributed by atoms with van der Waals surface area (Å²) in [6.45, 7) is 2.78. The molecule has 0 unspecified atom stereocenters. The van der Waals surface area contributed by atoms with Crippen molar-refractivity contribution in [2.45, 2.75) is 25.8 Å². The molecule has 1 aromatic rings. The summed E-state index contributed by atoms with van der Waals surface area (Å²) in [7, 11) is 0. The number of nitrogens with one attached hydrogen (secondary N) is 1. The Bertz CT molecular complexity index is 496. The fourth-order valence-electron chi connectivity index (χ4n) is 1.71. The van der Waals surface area contributed by atoms with Crippen molar-refractivity contribution in [3.05, 3.63) is 43.9 Å². The lowest BCUT2D eigenvalue weighted by atomic mass is 10.1. The number of hydrogen-bond acceptors (Lipinski definition) is 3. The first-order valence-corrected chi connectivity index (χ1v) is 6.70. The first kappa shape index (κ1) is 13.2. The van der Waals surface area contributed by atoms with Crippen LogP contribution in [0.15, 0.2) is 28.2 Å². The molecule has 0 atom stereocenters. The minimum absolute atomic E-state index is 0.134. The van der Waals surface area contributed by atoms with E-state index in [4.69, 9.17) is 0 Å². The molecule has 1 aliphatic carbocycles. The average Bonchev–Trinajstić information content (AvgIpc) is 3.12. The van der Waals surface area contributed by atoms with Crippen LogP contribution in [0, 0.1) is 10.1 Å². The number of nitrogens with zero attached hydrogens (tertiary/aromatic N) is 1. The molecule has 0 aromatic heterocycles. The van der Waals surface area contributed by atoms with Crippen molar-refractivity contribution in [1.29, 1.82) is 0 Å². The Labute approximate surface area is 114 Å². The maximum atomic E-state index is 11.0. The molecule has 0 saturated heterocycles. The SMILES string of the molecule is C/C(=C/c1ccc(Br)cc1[N+](=O)[O-])CNC1CC1. The second-order valence-corrected chi connectivity index (χ2v) is 5.52. The molecule has 1 N–H and O–H groups in total. The molecule has 1 aromatic carbocycles. The van der Waals surface area contributed by atoms with Gasteiger partial charge in [-0.1, -0.05) is 21.5 Å². The van der Waals surface area contributed by atoms with Gasteiger partial charge < -0.3 is 5.32 Å². The largest absolute Gasteiger partial charge is 0.310 e. The molecule has 4 nitrogen and oxygen atoms in total. The van der Waals surface area contributed by atoms with Crippen LogP contribution in [0.4, 0.5) is 5.69 Å². The Kier molecular flexibility index (Phi) is 4.14. The van der Waals surface area contributed by atoms with Crippen molar-refractivity contribution >= 4 is 27.7 Å². The van der Waals surface area contributed by atoms with Gasteiger partial charge in [0.1, 0.15) is 0 Å². The molecule has 0 spiro atoms. The number of nitro groups is 1. The van der Waals surface area contributed by atoms with E-state index in [-0.39, 0.29) is 10.6 Å². The van der Waals surface area contributed by atoms with E-state index in [0.717, 1.165) is 16.6 Å². The van der Waals surface area contributed by atoms with Gasteiger partial charge in [0, 0.05) is 23.1 Å². The van der Waals surface area contributed by atoms with E-state index in [1.807, 2.05) is 19.1 Å². The molecular formula is C13H15BrN2O2. The van der Waals surface area contributed by atoms with Crippen LogP contribution in [0.1, 0.15) is 25.3 Å². The van der Waals surface area contributed by atoms with Crippen molar-refractivity contribution < 1.29 is 4.92 Å². The van der Waals surface area contributed by atoms with E-state index in [0.29, 0.717) is 11.6 Å². The Balaban J connectivity index is 2.15. The van der Waals surface area contributed by atoms with Gasteiger partial charge in [-0.3, -0.25) is 10.1 Å². The predicted molar refractivity (Wildman–Crippen MR) is 75.5 cm³/mol. The van der Waals surface area contributed by atoms with Gasteiger partial charge in [0.05, 0.1) is 10.5 Å². The summed E-state index contributed by atoms with van der Waals surface area (Å²) in [5.74, 6) is 0. The summed E-state index contributed by atoms with van der Waals surface area (Å²) in [6, 6.07) is 5.77. The van der Waals surface area contributed by atoms with Crippen molar-refractivity contribution in [3.63, 3.8) is 0 Å². The molecule has 96 valence electrons. The highest BCUT2D eigenvalue weighted by atomic mass is 79.9. The standard InChI is InChI=1S/C13H15BrN2O2/c1-9(8-15-12-4-5-12)6-10-2-3-11(14)7-13(10)16(17)18/h2-3,6-7,12,15H,4-5,8H2,1H3/b9-6-. The molecule has 0 aliphatic heterocycles. The third kappa shape index (κ3) is 3.65. The Morgan fingerprint density at radius 1 is 1.61 bits per heavy atom. The van der Waals surface area contributed by atoms with Crippen molar-refractivity contribution in [3.8, 4) is 0 Å². The summed E-state index contributed by atoms with van der Waals surface area (Å²) in [5, 5.41) is 14.4. The lowest BCUT2D eigenvalue weighted by molar-refractivity contribution is -0.385. The second-order valence-electron chi connectivity index (χ2n) is 4.61. The van der Waals surface area contributed by atoms with E-state index in [9.17, 15) is 10.1 Å². The predicted octanol–water partition coefficient (Wildman–Crippen LogP) is 3.51. The number of nitro benzene ring substituents is 1. The van der Waals surface area contributed by atoms with Gasteiger partial charge in [0.15, 0.2) is 0 Å².